The van der Waals surface area contributed by atoms with Gasteiger partial charge in [-0.1, -0.05) is 42.5 Å². The van der Waals surface area contributed by atoms with E-state index in [1.807, 2.05) is 19.1 Å². The van der Waals surface area contributed by atoms with E-state index in [0.29, 0.717) is 5.56 Å². The predicted molar refractivity (Wildman–Crippen MR) is 106 cm³/mol. The molecule has 0 aromatic heterocycles. The van der Waals surface area contributed by atoms with E-state index in [2.05, 4.69) is 6.58 Å². The molecule has 0 unspecified atom stereocenters. The second-order valence-electron chi connectivity index (χ2n) is 7.29. The highest BCUT2D eigenvalue weighted by Gasteiger charge is 2.60. The van der Waals surface area contributed by atoms with Crippen molar-refractivity contribution in [3.63, 3.8) is 0 Å². The smallest absolute Gasteiger partial charge is 0.338 e. The standard InChI is InChI=1S/C23H24O6/c1-14(2)18-13-23(21(25)27-3,22(26)28-4)19-12-16(10-11-17(18)19)29-20(24)15-8-6-5-7-9-15/h5-11,13,16-17,19H,1,12H2,2-4H3/t16-,17+,19+/m0/s1. The van der Waals surface area contributed by atoms with Gasteiger partial charge in [-0.05, 0) is 37.1 Å². The molecule has 1 aromatic carbocycles. The van der Waals surface area contributed by atoms with Crippen LogP contribution in [0.4, 0.5) is 0 Å². The number of hydrogen-bond donors (Lipinski definition) is 0. The summed E-state index contributed by atoms with van der Waals surface area (Å²) in [5.74, 6) is -2.59. The van der Waals surface area contributed by atoms with E-state index < -0.39 is 35.3 Å². The van der Waals surface area contributed by atoms with Crippen molar-refractivity contribution >= 4 is 17.9 Å². The topological polar surface area (TPSA) is 78.9 Å². The Morgan fingerprint density at radius 3 is 2.21 bits per heavy atom. The summed E-state index contributed by atoms with van der Waals surface area (Å²) >= 11 is 0. The molecule has 3 atom stereocenters. The number of ether oxygens (including phenoxy) is 3. The molecule has 0 amide bonds. The van der Waals surface area contributed by atoms with E-state index in [0.717, 1.165) is 11.1 Å². The van der Waals surface area contributed by atoms with Gasteiger partial charge in [-0.3, -0.25) is 9.59 Å². The number of carbonyl (C=O) groups is 3. The lowest BCUT2D eigenvalue weighted by Crippen LogP contribution is -2.47. The van der Waals surface area contributed by atoms with Crippen LogP contribution in [0.15, 0.2) is 66.3 Å². The molecule has 0 radical (unpaired) electrons. The number of rotatable bonds is 5. The van der Waals surface area contributed by atoms with Crippen LogP contribution in [0.5, 0.6) is 0 Å². The maximum Gasteiger partial charge on any atom is 0.338 e. The van der Waals surface area contributed by atoms with Crippen molar-refractivity contribution in [3.8, 4) is 0 Å². The first kappa shape index (κ1) is 20.6. The Morgan fingerprint density at radius 1 is 1.03 bits per heavy atom. The van der Waals surface area contributed by atoms with Crippen molar-refractivity contribution < 1.29 is 28.6 Å². The van der Waals surface area contributed by atoms with Gasteiger partial charge in [-0.2, -0.15) is 0 Å². The van der Waals surface area contributed by atoms with E-state index in [1.165, 1.54) is 14.2 Å². The zero-order valence-electron chi connectivity index (χ0n) is 16.7. The number of methoxy groups -OCH3 is 2. The van der Waals surface area contributed by atoms with Gasteiger partial charge in [0.05, 0.1) is 19.8 Å². The Morgan fingerprint density at radius 2 is 1.66 bits per heavy atom. The zero-order valence-corrected chi connectivity index (χ0v) is 16.7. The maximum atomic E-state index is 12.8. The van der Waals surface area contributed by atoms with E-state index in [9.17, 15) is 14.4 Å². The Kier molecular flexibility index (Phi) is 5.73. The minimum Gasteiger partial charge on any atom is -0.468 e. The average molecular weight is 396 g/mol. The molecule has 1 aromatic rings. The fraction of sp³-hybridized carbons (Fsp3) is 0.348. The molecule has 3 rings (SSSR count). The number of allylic oxidation sites excluding steroid dienone is 3. The lowest BCUT2D eigenvalue weighted by molar-refractivity contribution is -0.169. The van der Waals surface area contributed by atoms with Gasteiger partial charge in [0.25, 0.3) is 0 Å². The summed E-state index contributed by atoms with van der Waals surface area (Å²) in [5, 5.41) is 0. The third-order valence-corrected chi connectivity index (χ3v) is 5.59. The number of carbonyl (C=O) groups excluding carboxylic acids is 3. The Balaban J connectivity index is 1.95. The molecule has 29 heavy (non-hydrogen) atoms. The molecule has 0 saturated heterocycles. The van der Waals surface area contributed by atoms with Crippen LogP contribution < -0.4 is 0 Å². The highest BCUT2D eigenvalue weighted by Crippen LogP contribution is 2.53. The van der Waals surface area contributed by atoms with Gasteiger partial charge in [0.15, 0.2) is 5.41 Å². The van der Waals surface area contributed by atoms with Crippen molar-refractivity contribution in [2.24, 2.45) is 17.3 Å². The van der Waals surface area contributed by atoms with Gasteiger partial charge < -0.3 is 14.2 Å². The minimum atomic E-state index is -1.61. The van der Waals surface area contributed by atoms with Gasteiger partial charge in [-0.15, -0.1) is 0 Å². The van der Waals surface area contributed by atoms with Crippen LogP contribution in [0.25, 0.3) is 0 Å². The fourth-order valence-electron chi connectivity index (χ4n) is 4.21. The molecule has 2 aliphatic carbocycles. The zero-order chi connectivity index (χ0) is 21.2. The number of esters is 3. The molecule has 0 N–H and O–H groups in total. The predicted octanol–water partition coefficient (Wildman–Crippen LogP) is 3.25. The van der Waals surface area contributed by atoms with Gasteiger partial charge in [0.1, 0.15) is 6.10 Å². The van der Waals surface area contributed by atoms with E-state index in [4.69, 9.17) is 14.2 Å². The molecular weight excluding hydrogens is 372 g/mol. The summed E-state index contributed by atoms with van der Waals surface area (Å²) in [7, 11) is 2.47. The summed E-state index contributed by atoms with van der Waals surface area (Å²) in [5.41, 5.74) is 0.362. The summed E-state index contributed by atoms with van der Waals surface area (Å²) in [4.78, 5) is 38.0. The first-order valence-corrected chi connectivity index (χ1v) is 9.35. The largest absolute Gasteiger partial charge is 0.468 e. The molecule has 6 heteroatoms. The van der Waals surface area contributed by atoms with Gasteiger partial charge in [0.2, 0.25) is 0 Å². The van der Waals surface area contributed by atoms with Crippen LogP contribution in [0.1, 0.15) is 23.7 Å². The van der Waals surface area contributed by atoms with E-state index in [-0.39, 0.29) is 12.3 Å². The van der Waals surface area contributed by atoms with Crippen LogP contribution in [0.2, 0.25) is 0 Å². The van der Waals surface area contributed by atoms with Crippen molar-refractivity contribution in [1.29, 1.82) is 0 Å². The molecule has 0 bridgehead atoms. The highest BCUT2D eigenvalue weighted by atomic mass is 16.6. The summed E-state index contributed by atoms with van der Waals surface area (Å²) in [6.07, 6.45) is 4.95. The number of fused-ring (bicyclic) bond motifs is 1. The lowest BCUT2D eigenvalue weighted by atomic mass is 9.69. The second kappa shape index (κ2) is 8.07. The Bertz CT molecular complexity index is 879. The molecule has 0 saturated carbocycles. The molecule has 0 aliphatic heterocycles. The van der Waals surface area contributed by atoms with Crippen LogP contribution in [0.3, 0.4) is 0 Å². The molecule has 6 nitrogen and oxygen atoms in total. The monoisotopic (exact) mass is 396 g/mol. The van der Waals surface area contributed by atoms with Crippen LogP contribution in [-0.2, 0) is 23.8 Å². The molecular formula is C23H24O6. The SMILES string of the molecule is C=C(C)C1=CC(C(=O)OC)(C(=O)OC)[C@@H]2C[C@@H](OC(=O)c3ccccc3)C=C[C@H]12. The summed E-state index contributed by atoms with van der Waals surface area (Å²) in [6.45, 7) is 5.80. The normalized spacial score (nSPS) is 24.1. The van der Waals surface area contributed by atoms with Crippen molar-refractivity contribution in [1.82, 2.24) is 0 Å². The quantitative estimate of drug-likeness (QED) is 0.329. The van der Waals surface area contributed by atoms with Gasteiger partial charge in [0, 0.05) is 11.8 Å². The van der Waals surface area contributed by atoms with Crippen molar-refractivity contribution in [2.75, 3.05) is 14.2 Å². The molecule has 0 fully saturated rings. The minimum absolute atomic E-state index is 0.225. The number of hydrogen-bond acceptors (Lipinski definition) is 6. The first-order valence-electron chi connectivity index (χ1n) is 9.35. The van der Waals surface area contributed by atoms with E-state index >= 15 is 0 Å². The third kappa shape index (κ3) is 3.50. The summed E-state index contributed by atoms with van der Waals surface area (Å²) < 4.78 is 15.6. The van der Waals surface area contributed by atoms with Crippen LogP contribution in [0, 0.1) is 17.3 Å². The molecule has 2 aliphatic rings. The fourth-order valence-corrected chi connectivity index (χ4v) is 4.21. The Hall–Kier alpha value is -3.15. The van der Waals surface area contributed by atoms with Crippen LogP contribution >= 0.6 is 0 Å². The van der Waals surface area contributed by atoms with Gasteiger partial charge >= 0.3 is 17.9 Å². The maximum absolute atomic E-state index is 12.8. The molecule has 0 spiro atoms. The number of benzene rings is 1. The average Bonchev–Trinajstić information content (AvgIpc) is 3.09. The first-order chi connectivity index (χ1) is 13.8. The third-order valence-electron chi connectivity index (χ3n) is 5.59. The Labute approximate surface area is 169 Å². The van der Waals surface area contributed by atoms with Gasteiger partial charge in [-0.25, -0.2) is 4.79 Å². The van der Waals surface area contributed by atoms with E-state index in [1.54, 1.807) is 36.4 Å². The molecule has 152 valence electrons. The van der Waals surface area contributed by atoms with Crippen molar-refractivity contribution in [3.05, 3.63) is 71.8 Å². The lowest BCUT2D eigenvalue weighted by Gasteiger charge is -2.36. The summed E-state index contributed by atoms with van der Waals surface area (Å²) in [6, 6.07) is 8.65. The van der Waals surface area contributed by atoms with Crippen LogP contribution in [-0.4, -0.2) is 38.2 Å². The van der Waals surface area contributed by atoms with Crippen molar-refractivity contribution in [2.45, 2.75) is 19.4 Å². The molecule has 0 heterocycles. The highest BCUT2D eigenvalue weighted by molar-refractivity contribution is 6.04. The second-order valence-corrected chi connectivity index (χ2v) is 7.29.